The van der Waals surface area contributed by atoms with Crippen LogP contribution in [-0.2, 0) is 16.0 Å². The molecule has 2 aliphatic rings. The van der Waals surface area contributed by atoms with E-state index >= 15 is 0 Å². The van der Waals surface area contributed by atoms with Gasteiger partial charge in [0, 0.05) is 24.0 Å². The number of carboxylic acids is 1. The van der Waals surface area contributed by atoms with Gasteiger partial charge in [-0.1, -0.05) is 0 Å². The number of carboxylic acid groups (broad SMARTS) is 1. The molecule has 1 fully saturated rings. The smallest absolute Gasteiger partial charge is 0.312 e. The van der Waals surface area contributed by atoms with Crippen molar-refractivity contribution < 1.29 is 14.6 Å². The zero-order valence-electron chi connectivity index (χ0n) is 11.8. The number of aromatic nitrogens is 1. The van der Waals surface area contributed by atoms with Crippen LogP contribution in [0.1, 0.15) is 47.9 Å². The highest BCUT2D eigenvalue weighted by molar-refractivity contribution is 7.11. The van der Waals surface area contributed by atoms with E-state index in [4.69, 9.17) is 4.74 Å². The lowest BCUT2D eigenvalue weighted by atomic mass is 10.1. The molecule has 0 saturated carbocycles. The van der Waals surface area contributed by atoms with Crippen molar-refractivity contribution in [1.82, 2.24) is 9.88 Å². The van der Waals surface area contributed by atoms with Gasteiger partial charge in [-0.3, -0.25) is 9.69 Å². The predicted molar refractivity (Wildman–Crippen MR) is 76.2 cm³/mol. The Kier molecular flexibility index (Phi) is 3.79. The van der Waals surface area contributed by atoms with Gasteiger partial charge < -0.3 is 9.84 Å². The van der Waals surface area contributed by atoms with Crippen LogP contribution < -0.4 is 0 Å². The minimum Gasteiger partial charge on any atom is -0.481 e. The van der Waals surface area contributed by atoms with Gasteiger partial charge >= 0.3 is 5.97 Å². The Morgan fingerprint density at radius 3 is 3.05 bits per heavy atom. The van der Waals surface area contributed by atoms with Crippen LogP contribution in [0.15, 0.2) is 0 Å². The van der Waals surface area contributed by atoms with Crippen LogP contribution in [0.4, 0.5) is 0 Å². The number of fused-ring (bicyclic) bond motifs is 1. The molecule has 0 spiro atoms. The molecule has 0 radical (unpaired) electrons. The van der Waals surface area contributed by atoms with E-state index in [9.17, 15) is 9.90 Å². The average molecular weight is 296 g/mol. The Hall–Kier alpha value is -0.980. The maximum atomic E-state index is 11.2. The molecule has 5 nitrogen and oxygen atoms in total. The number of aliphatic carboxylic acids is 1. The molecule has 20 heavy (non-hydrogen) atoms. The Bertz CT molecular complexity index is 515. The Balaban J connectivity index is 1.79. The van der Waals surface area contributed by atoms with Gasteiger partial charge in [-0.2, -0.15) is 0 Å². The quantitative estimate of drug-likeness (QED) is 0.925. The average Bonchev–Trinajstić information content (AvgIpc) is 2.97. The largest absolute Gasteiger partial charge is 0.481 e. The maximum Gasteiger partial charge on any atom is 0.312 e. The first-order valence-corrected chi connectivity index (χ1v) is 7.96. The van der Waals surface area contributed by atoms with Gasteiger partial charge in [0.25, 0.3) is 0 Å². The molecule has 0 amide bonds. The number of aryl methyl sites for hydroxylation is 1. The Morgan fingerprint density at radius 1 is 1.55 bits per heavy atom. The fraction of sp³-hybridized carbons (Fsp3) is 0.714. The fourth-order valence-corrected chi connectivity index (χ4v) is 4.09. The lowest BCUT2D eigenvalue weighted by Gasteiger charge is -2.34. The number of hydrogen-bond donors (Lipinski definition) is 1. The molecule has 2 heterocycles. The zero-order chi connectivity index (χ0) is 14.3. The molecule has 6 heteroatoms. The highest BCUT2D eigenvalue weighted by Gasteiger charge is 2.35. The molecule has 1 aliphatic carbocycles. The summed E-state index contributed by atoms with van der Waals surface area (Å²) >= 11 is 1.64. The third kappa shape index (κ3) is 2.47. The highest BCUT2D eigenvalue weighted by Crippen LogP contribution is 2.39. The molecule has 2 atom stereocenters. The van der Waals surface area contributed by atoms with Crippen molar-refractivity contribution in [2.24, 2.45) is 0 Å². The highest BCUT2D eigenvalue weighted by atomic mass is 32.1. The van der Waals surface area contributed by atoms with Crippen molar-refractivity contribution in [3.8, 4) is 0 Å². The molecule has 1 aliphatic heterocycles. The molecule has 1 aromatic heterocycles. The third-order valence-corrected chi connectivity index (χ3v) is 5.36. The summed E-state index contributed by atoms with van der Waals surface area (Å²) < 4.78 is 5.84. The summed E-state index contributed by atoms with van der Waals surface area (Å²) in [5.74, 6) is -1.17. The molecule has 3 rings (SSSR count). The SMILES string of the molecule is CC(C)N1CCOC(c2nc3c(s2)CCC3C(=O)O)C1. The monoisotopic (exact) mass is 296 g/mol. The molecular formula is C14H20N2O3S. The van der Waals surface area contributed by atoms with Gasteiger partial charge in [0.1, 0.15) is 17.0 Å². The number of ether oxygens (including phenoxy) is 1. The summed E-state index contributed by atoms with van der Waals surface area (Å²) in [6, 6.07) is 0.500. The number of thiazole rings is 1. The first kappa shape index (κ1) is 14.0. The molecule has 110 valence electrons. The van der Waals surface area contributed by atoms with Crippen LogP contribution in [0, 0.1) is 0 Å². The number of morpholine rings is 1. The van der Waals surface area contributed by atoms with Crippen molar-refractivity contribution in [2.45, 2.75) is 44.8 Å². The summed E-state index contributed by atoms with van der Waals surface area (Å²) in [4.78, 5) is 19.3. The lowest BCUT2D eigenvalue weighted by molar-refractivity contribution is -0.138. The summed E-state index contributed by atoms with van der Waals surface area (Å²) in [7, 11) is 0. The second-order valence-corrected chi connectivity index (χ2v) is 6.85. The van der Waals surface area contributed by atoms with E-state index in [1.54, 1.807) is 11.3 Å². The van der Waals surface area contributed by atoms with Gasteiger partial charge in [-0.05, 0) is 26.7 Å². The van der Waals surface area contributed by atoms with Crippen molar-refractivity contribution in [3.63, 3.8) is 0 Å². The molecule has 1 N–H and O–H groups in total. The van der Waals surface area contributed by atoms with Crippen LogP contribution >= 0.6 is 11.3 Å². The predicted octanol–water partition coefficient (Wildman–Crippen LogP) is 2.04. The number of rotatable bonds is 3. The van der Waals surface area contributed by atoms with Crippen LogP contribution in [0.2, 0.25) is 0 Å². The second kappa shape index (κ2) is 5.42. The number of carbonyl (C=O) groups is 1. The number of hydrogen-bond acceptors (Lipinski definition) is 5. The topological polar surface area (TPSA) is 62.7 Å². The molecular weight excluding hydrogens is 276 g/mol. The van der Waals surface area contributed by atoms with Gasteiger partial charge in [0.15, 0.2) is 0 Å². The van der Waals surface area contributed by atoms with Gasteiger partial charge in [0.2, 0.25) is 0 Å². The first-order chi connectivity index (χ1) is 9.56. The van der Waals surface area contributed by atoms with Crippen molar-refractivity contribution >= 4 is 17.3 Å². The van der Waals surface area contributed by atoms with Crippen LogP contribution in [0.3, 0.4) is 0 Å². The Labute approximate surface area is 122 Å². The van der Waals surface area contributed by atoms with Crippen molar-refractivity contribution in [3.05, 3.63) is 15.6 Å². The minimum atomic E-state index is -0.756. The first-order valence-electron chi connectivity index (χ1n) is 7.14. The molecule has 0 bridgehead atoms. The summed E-state index contributed by atoms with van der Waals surface area (Å²) in [6.07, 6.45) is 1.52. The van der Waals surface area contributed by atoms with E-state index in [2.05, 4.69) is 23.7 Å². The molecule has 1 saturated heterocycles. The summed E-state index contributed by atoms with van der Waals surface area (Å²) in [6.45, 7) is 6.89. The van der Waals surface area contributed by atoms with E-state index in [1.165, 1.54) is 0 Å². The van der Waals surface area contributed by atoms with E-state index < -0.39 is 11.9 Å². The molecule has 0 aromatic carbocycles. The van der Waals surface area contributed by atoms with Gasteiger partial charge in [0.05, 0.1) is 12.3 Å². The summed E-state index contributed by atoms with van der Waals surface area (Å²) in [5, 5.41) is 10.2. The third-order valence-electron chi connectivity index (χ3n) is 4.14. The molecule has 1 aromatic rings. The van der Waals surface area contributed by atoms with Crippen LogP contribution in [-0.4, -0.2) is 46.7 Å². The van der Waals surface area contributed by atoms with Crippen molar-refractivity contribution in [2.75, 3.05) is 19.7 Å². The second-order valence-electron chi connectivity index (χ2n) is 5.74. The summed E-state index contributed by atoms with van der Waals surface area (Å²) in [5.41, 5.74) is 0.780. The molecule has 2 unspecified atom stereocenters. The van der Waals surface area contributed by atoms with Gasteiger partial charge in [-0.15, -0.1) is 11.3 Å². The van der Waals surface area contributed by atoms with E-state index in [-0.39, 0.29) is 6.10 Å². The van der Waals surface area contributed by atoms with E-state index in [0.29, 0.717) is 12.5 Å². The Morgan fingerprint density at radius 2 is 2.35 bits per heavy atom. The normalized spacial score (nSPS) is 26.9. The number of nitrogens with zero attached hydrogens (tertiary/aromatic N) is 2. The van der Waals surface area contributed by atoms with E-state index in [1.807, 2.05) is 0 Å². The van der Waals surface area contributed by atoms with Crippen molar-refractivity contribution in [1.29, 1.82) is 0 Å². The lowest BCUT2D eigenvalue weighted by Crippen LogP contribution is -2.42. The zero-order valence-corrected chi connectivity index (χ0v) is 12.7. The fourth-order valence-electron chi connectivity index (χ4n) is 2.91. The van der Waals surface area contributed by atoms with E-state index in [0.717, 1.165) is 41.7 Å². The van der Waals surface area contributed by atoms with Crippen LogP contribution in [0.25, 0.3) is 0 Å². The van der Waals surface area contributed by atoms with Crippen LogP contribution in [0.5, 0.6) is 0 Å². The maximum absolute atomic E-state index is 11.2. The van der Waals surface area contributed by atoms with Gasteiger partial charge in [-0.25, -0.2) is 4.98 Å². The minimum absolute atomic E-state index is 0.00352. The standard InChI is InChI=1S/C14H20N2O3S/c1-8(2)16-5-6-19-10(7-16)13-15-12-9(14(17)18)3-4-11(12)20-13/h8-10H,3-7H2,1-2H3,(H,17,18).